The van der Waals surface area contributed by atoms with Gasteiger partial charge in [-0.2, -0.15) is 0 Å². The highest BCUT2D eigenvalue weighted by molar-refractivity contribution is 6.11. The minimum atomic E-state index is 0.777. The lowest BCUT2D eigenvalue weighted by atomic mass is 9.91. The zero-order chi connectivity index (χ0) is 56.9. The lowest BCUT2D eigenvalue weighted by Crippen LogP contribution is -2.10. The van der Waals surface area contributed by atoms with Crippen LogP contribution >= 0.6 is 0 Å². The van der Waals surface area contributed by atoms with Gasteiger partial charge in [0, 0.05) is 92.3 Å². The van der Waals surface area contributed by atoms with E-state index in [4.69, 9.17) is 19.9 Å². The molecule has 86 heavy (non-hydrogen) atoms. The Morgan fingerprint density at radius 3 is 0.977 bits per heavy atom. The lowest BCUT2D eigenvalue weighted by molar-refractivity contribution is 1.19. The number of fused-ring (bicyclic) bond motifs is 5. The molecule has 0 aliphatic heterocycles. The van der Waals surface area contributed by atoms with Gasteiger partial charge >= 0.3 is 0 Å². The summed E-state index contributed by atoms with van der Waals surface area (Å²) in [5.41, 5.74) is 21.2. The van der Waals surface area contributed by atoms with Crippen molar-refractivity contribution < 1.29 is 0 Å². The Labute approximate surface area is 497 Å². The molecule has 0 saturated heterocycles. The first-order valence-electron chi connectivity index (χ1n) is 28.9. The summed E-state index contributed by atoms with van der Waals surface area (Å²) in [5, 5.41) is 4.64. The summed E-state index contributed by atoms with van der Waals surface area (Å²) in [5.74, 6) is 0. The summed E-state index contributed by atoms with van der Waals surface area (Å²) in [4.78, 5) is 26.3. The SMILES string of the molecule is c1ccc(N(c2ccc(-c3cn4ccccc4n3)cc2)c2ccc(-c3nc4c(-c5cccc6ccccc56)ccc(-c5cccc6ccccc56)c4nc3-c3ccc(N(c4ccccc4)c4ccc(-c5cn6ccccc6n5)cc4)cc3)cc2)cc1. The smallest absolute Gasteiger partial charge is 0.137 e. The number of hydrogen-bond acceptors (Lipinski definition) is 6. The number of benzene rings is 11. The Morgan fingerprint density at radius 2 is 0.581 bits per heavy atom. The van der Waals surface area contributed by atoms with Crippen LogP contribution in [0.2, 0.25) is 0 Å². The third kappa shape index (κ3) is 9.06. The summed E-state index contributed by atoms with van der Waals surface area (Å²) >= 11 is 0. The summed E-state index contributed by atoms with van der Waals surface area (Å²) in [6, 6.07) is 103. The Bertz CT molecular complexity index is 4750. The number of para-hydroxylation sites is 2. The van der Waals surface area contributed by atoms with E-state index < -0.39 is 0 Å². The van der Waals surface area contributed by atoms with Gasteiger partial charge in [-0.3, -0.25) is 0 Å². The normalized spacial score (nSPS) is 11.5. The molecule has 0 N–H and O–H groups in total. The van der Waals surface area contributed by atoms with Gasteiger partial charge in [-0.15, -0.1) is 0 Å². The molecule has 0 aliphatic rings. The van der Waals surface area contributed by atoms with Crippen LogP contribution in [0.4, 0.5) is 34.1 Å². The van der Waals surface area contributed by atoms with Crippen molar-refractivity contribution in [1.82, 2.24) is 28.7 Å². The van der Waals surface area contributed by atoms with Crippen molar-refractivity contribution in [2.75, 3.05) is 9.80 Å². The Kier molecular flexibility index (Phi) is 12.3. The average Bonchev–Trinajstić information content (AvgIpc) is 1.70. The van der Waals surface area contributed by atoms with Gasteiger partial charge in [0.05, 0.1) is 33.8 Å². The van der Waals surface area contributed by atoms with Crippen molar-refractivity contribution in [3.8, 4) is 67.3 Å². The fraction of sp³-hybridized carbons (Fsp3) is 0. The van der Waals surface area contributed by atoms with Gasteiger partial charge < -0.3 is 18.6 Å². The molecular formula is C78H52N8. The molecule has 8 heteroatoms. The van der Waals surface area contributed by atoms with E-state index in [2.05, 4.69) is 286 Å². The maximum atomic E-state index is 5.92. The lowest BCUT2D eigenvalue weighted by Gasteiger charge is -2.26. The van der Waals surface area contributed by atoms with E-state index in [0.717, 1.165) is 145 Å². The molecule has 0 bridgehead atoms. The molecule has 0 radical (unpaired) electrons. The number of anilines is 6. The molecule has 0 spiro atoms. The first-order chi connectivity index (χ1) is 42.6. The van der Waals surface area contributed by atoms with Gasteiger partial charge in [-0.05, 0) is 130 Å². The highest BCUT2D eigenvalue weighted by Crippen LogP contribution is 2.45. The molecule has 0 aliphatic carbocycles. The van der Waals surface area contributed by atoms with Crippen LogP contribution in [0, 0.1) is 0 Å². The molecule has 404 valence electrons. The van der Waals surface area contributed by atoms with Crippen molar-refractivity contribution in [2.45, 2.75) is 0 Å². The number of imidazole rings is 2. The highest BCUT2D eigenvalue weighted by atomic mass is 15.1. The zero-order valence-electron chi connectivity index (χ0n) is 46.6. The molecule has 0 saturated carbocycles. The molecule has 11 aromatic carbocycles. The van der Waals surface area contributed by atoms with Crippen molar-refractivity contribution >= 4 is 78.0 Å². The molecule has 8 nitrogen and oxygen atoms in total. The number of aromatic nitrogens is 6. The molecule has 0 atom stereocenters. The van der Waals surface area contributed by atoms with E-state index in [1.807, 2.05) is 48.8 Å². The van der Waals surface area contributed by atoms with Crippen LogP contribution in [0.25, 0.3) is 111 Å². The Morgan fingerprint density at radius 1 is 0.244 bits per heavy atom. The maximum absolute atomic E-state index is 5.92. The molecule has 5 heterocycles. The minimum absolute atomic E-state index is 0.777. The molecular weight excluding hydrogens is 1050 g/mol. The highest BCUT2D eigenvalue weighted by Gasteiger charge is 2.23. The Balaban J connectivity index is 0.862. The topological polar surface area (TPSA) is 66.9 Å². The number of rotatable bonds is 12. The monoisotopic (exact) mass is 1100 g/mol. The van der Waals surface area contributed by atoms with E-state index in [1.54, 1.807) is 0 Å². The second kappa shape index (κ2) is 21.2. The molecule has 0 unspecified atom stereocenters. The third-order valence-electron chi connectivity index (χ3n) is 16.4. The number of pyridine rings is 2. The summed E-state index contributed by atoms with van der Waals surface area (Å²) in [6.07, 6.45) is 8.22. The number of hydrogen-bond donors (Lipinski definition) is 0. The van der Waals surface area contributed by atoms with Crippen LogP contribution in [0.5, 0.6) is 0 Å². The van der Waals surface area contributed by atoms with E-state index >= 15 is 0 Å². The fourth-order valence-electron chi connectivity index (χ4n) is 12.2. The third-order valence-corrected chi connectivity index (χ3v) is 16.4. The second-order valence-corrected chi connectivity index (χ2v) is 21.5. The predicted molar refractivity (Wildman–Crippen MR) is 354 cm³/mol. The van der Waals surface area contributed by atoms with Crippen molar-refractivity contribution in [1.29, 1.82) is 0 Å². The molecule has 16 aromatic rings. The maximum Gasteiger partial charge on any atom is 0.137 e. The molecule has 0 fully saturated rings. The summed E-state index contributed by atoms with van der Waals surface area (Å²) in [7, 11) is 0. The fourth-order valence-corrected chi connectivity index (χ4v) is 12.2. The van der Waals surface area contributed by atoms with E-state index in [-0.39, 0.29) is 0 Å². The molecule has 5 aromatic heterocycles. The minimum Gasteiger partial charge on any atom is -0.311 e. The van der Waals surface area contributed by atoms with Gasteiger partial charge in [0.2, 0.25) is 0 Å². The predicted octanol–water partition coefficient (Wildman–Crippen LogP) is 20.2. The van der Waals surface area contributed by atoms with Crippen molar-refractivity contribution in [2.24, 2.45) is 0 Å². The Hall–Kier alpha value is -11.7. The van der Waals surface area contributed by atoms with Gasteiger partial charge in [-0.1, -0.05) is 194 Å². The molecule has 16 rings (SSSR count). The largest absolute Gasteiger partial charge is 0.311 e. The van der Waals surface area contributed by atoms with Crippen LogP contribution in [0.15, 0.2) is 316 Å². The van der Waals surface area contributed by atoms with Gasteiger partial charge in [-0.25, -0.2) is 19.9 Å². The van der Waals surface area contributed by atoms with Gasteiger partial charge in [0.25, 0.3) is 0 Å². The van der Waals surface area contributed by atoms with Crippen LogP contribution in [0.3, 0.4) is 0 Å². The summed E-state index contributed by atoms with van der Waals surface area (Å²) < 4.78 is 4.11. The first kappa shape index (κ1) is 50.0. The van der Waals surface area contributed by atoms with Crippen molar-refractivity contribution in [3.05, 3.63) is 316 Å². The standard InChI is InChI=1S/C78H52N8/c1-3-21-59(22-4-1)85(61-39-31-55(32-40-61)71-51-83-49-13-11-29-73(83)79-71)63-43-35-57(36-44-63)75-76(58-37-45-64(46-38-58)86(60-23-5-2-6-24-60)62-41-33-56(34-42-62)72-52-84-50-14-12-30-74(84)80-72)82-78-70(68-28-16-20-54-18-8-10-26-66(54)68)48-47-69(77(78)81-75)67-27-15-19-53-17-7-9-25-65(53)67/h1-52H. The van der Waals surface area contributed by atoms with E-state index in [1.165, 1.54) is 0 Å². The van der Waals surface area contributed by atoms with Gasteiger partial charge in [0.15, 0.2) is 0 Å². The van der Waals surface area contributed by atoms with Gasteiger partial charge in [0.1, 0.15) is 11.3 Å². The van der Waals surface area contributed by atoms with Crippen LogP contribution in [-0.4, -0.2) is 28.7 Å². The summed E-state index contributed by atoms with van der Waals surface area (Å²) in [6.45, 7) is 0. The first-order valence-corrected chi connectivity index (χ1v) is 28.9. The van der Waals surface area contributed by atoms with Crippen molar-refractivity contribution in [3.63, 3.8) is 0 Å². The van der Waals surface area contributed by atoms with Crippen LogP contribution in [0.1, 0.15) is 0 Å². The van der Waals surface area contributed by atoms with E-state index in [9.17, 15) is 0 Å². The zero-order valence-corrected chi connectivity index (χ0v) is 46.6. The number of nitrogens with zero attached hydrogens (tertiary/aromatic N) is 8. The van der Waals surface area contributed by atoms with Crippen LogP contribution in [-0.2, 0) is 0 Å². The van der Waals surface area contributed by atoms with Crippen LogP contribution < -0.4 is 9.80 Å². The molecule has 0 amide bonds. The average molecular weight is 1100 g/mol. The second-order valence-electron chi connectivity index (χ2n) is 21.5. The van der Waals surface area contributed by atoms with E-state index in [0.29, 0.717) is 0 Å². The quantitative estimate of drug-likeness (QED) is 0.121.